The molecule has 2 atom stereocenters. The Bertz CT molecular complexity index is 1390. The number of hydrogen-bond acceptors (Lipinski definition) is 7. The average Bonchev–Trinajstić information content (AvgIpc) is 3.50. The third-order valence-electron chi connectivity index (χ3n) is 8.00. The lowest BCUT2D eigenvalue weighted by atomic mass is 9.77. The Morgan fingerprint density at radius 2 is 1.80 bits per heavy atom. The molecule has 3 heterocycles. The van der Waals surface area contributed by atoms with Gasteiger partial charge < -0.3 is 10.6 Å². The van der Waals surface area contributed by atoms with Gasteiger partial charge in [-0.25, -0.2) is 22.9 Å². The molecule has 2 fully saturated rings. The maximum atomic E-state index is 13.9. The minimum atomic E-state index is -4.43. The number of amides is 2. The van der Waals surface area contributed by atoms with Crippen LogP contribution in [0.2, 0.25) is 0 Å². The van der Waals surface area contributed by atoms with Crippen LogP contribution in [-0.4, -0.2) is 48.8 Å². The molecular weight excluding hydrogens is 553 g/mol. The summed E-state index contributed by atoms with van der Waals surface area (Å²) in [5, 5.41) is 17.3. The number of rotatable bonds is 9. The minimum Gasteiger partial charge on any atom is -0.349 e. The molecule has 3 aromatic heterocycles. The van der Waals surface area contributed by atoms with E-state index < -0.39 is 48.8 Å². The van der Waals surface area contributed by atoms with Gasteiger partial charge in [-0.3, -0.25) is 9.59 Å². The van der Waals surface area contributed by atoms with Crippen LogP contribution in [0.4, 0.5) is 22.0 Å². The summed E-state index contributed by atoms with van der Waals surface area (Å²) in [6.45, 7) is 1.55. The molecule has 3 aromatic rings. The van der Waals surface area contributed by atoms with Crippen molar-refractivity contribution in [3.05, 3.63) is 41.1 Å². The van der Waals surface area contributed by atoms with Crippen molar-refractivity contribution in [1.29, 1.82) is 0 Å². The number of carbonyl (C=O) groups excluding carboxylic acids is 2. The van der Waals surface area contributed by atoms with Crippen LogP contribution in [0.1, 0.15) is 97.3 Å². The molecule has 2 N–H and O–H groups in total. The molecule has 10 nitrogen and oxygen atoms in total. The van der Waals surface area contributed by atoms with Crippen LogP contribution in [-0.2, 0) is 4.79 Å². The van der Waals surface area contributed by atoms with Crippen molar-refractivity contribution < 1.29 is 36.2 Å². The monoisotopic (exact) mass is 583 g/mol. The van der Waals surface area contributed by atoms with Crippen molar-refractivity contribution in [3.8, 4) is 0 Å². The van der Waals surface area contributed by atoms with E-state index in [0.717, 1.165) is 19.3 Å². The third-order valence-corrected chi connectivity index (χ3v) is 8.00. The first-order chi connectivity index (χ1) is 19.4. The van der Waals surface area contributed by atoms with E-state index in [4.69, 9.17) is 0 Å². The molecule has 41 heavy (non-hydrogen) atoms. The van der Waals surface area contributed by atoms with E-state index in [0.29, 0.717) is 16.9 Å². The van der Waals surface area contributed by atoms with Gasteiger partial charge in [0.1, 0.15) is 5.69 Å². The van der Waals surface area contributed by atoms with E-state index >= 15 is 0 Å². The second kappa shape index (κ2) is 11.3. The van der Waals surface area contributed by atoms with E-state index in [9.17, 15) is 31.5 Å². The van der Waals surface area contributed by atoms with Crippen molar-refractivity contribution in [2.45, 2.75) is 88.9 Å². The van der Waals surface area contributed by atoms with Crippen molar-refractivity contribution in [3.63, 3.8) is 0 Å². The second-order valence-corrected chi connectivity index (χ2v) is 11.0. The summed E-state index contributed by atoms with van der Waals surface area (Å²) in [5.74, 6) is -4.33. The van der Waals surface area contributed by atoms with Crippen LogP contribution in [0, 0.1) is 18.8 Å². The molecule has 1 unspecified atom stereocenters. The molecule has 0 bridgehead atoms. The summed E-state index contributed by atoms with van der Waals surface area (Å²) in [7, 11) is 0. The number of hydrogen-bond donors (Lipinski definition) is 2. The normalized spacial score (nSPS) is 19.5. The standard InChI is InChI=1S/C26H30F5N7O3/c1-14-21(37-41-36-14)24(40)35-23(16-5-8-25(27,28)9-6-16)18-13-38-19(33-18)11-17(12-32-38)22(15-3-2-4-15)34-20(39)7-10-26(29,30)31/h11-13,15-16,22-23H,2-10H2,1H3,(H,34,39)(H,35,40)/t22?,23-/m0/s1. The van der Waals surface area contributed by atoms with Gasteiger partial charge in [-0.2, -0.15) is 18.3 Å². The fraction of sp³-hybridized carbons (Fsp3) is 0.615. The smallest absolute Gasteiger partial charge is 0.349 e. The SMILES string of the molecule is Cc1nonc1C(=O)N[C@H](c1cn2ncc(C(NC(=O)CCC(F)(F)F)C3CCC3)cc2n1)C1CCC(F)(F)CC1. The molecule has 2 saturated carbocycles. The number of nitrogens with one attached hydrogen (secondary N) is 2. The first kappa shape index (κ1) is 28.9. The Labute approximate surface area is 231 Å². The fourth-order valence-corrected chi connectivity index (χ4v) is 5.45. The van der Waals surface area contributed by atoms with Crippen LogP contribution >= 0.6 is 0 Å². The Kier molecular flexibility index (Phi) is 7.97. The Balaban J connectivity index is 1.40. The van der Waals surface area contributed by atoms with Gasteiger partial charge in [0.05, 0.1) is 36.6 Å². The quantitative estimate of drug-likeness (QED) is 0.339. The van der Waals surface area contributed by atoms with Gasteiger partial charge in [-0.1, -0.05) is 11.6 Å². The van der Waals surface area contributed by atoms with Crippen LogP contribution in [0.25, 0.3) is 5.65 Å². The van der Waals surface area contributed by atoms with Gasteiger partial charge in [0.15, 0.2) is 11.3 Å². The Morgan fingerprint density at radius 3 is 2.41 bits per heavy atom. The highest BCUT2D eigenvalue weighted by Gasteiger charge is 2.40. The zero-order chi connectivity index (χ0) is 29.4. The average molecular weight is 584 g/mol. The zero-order valence-electron chi connectivity index (χ0n) is 22.3. The Hall–Kier alpha value is -3.65. The Morgan fingerprint density at radius 1 is 1.10 bits per heavy atom. The number of carbonyl (C=O) groups is 2. The number of alkyl halides is 5. The van der Waals surface area contributed by atoms with Gasteiger partial charge in [0.25, 0.3) is 5.91 Å². The zero-order valence-corrected chi connectivity index (χ0v) is 22.3. The highest BCUT2D eigenvalue weighted by atomic mass is 19.4. The lowest BCUT2D eigenvalue weighted by molar-refractivity contribution is -0.144. The van der Waals surface area contributed by atoms with E-state index in [1.165, 1.54) is 10.7 Å². The number of aromatic nitrogens is 5. The van der Waals surface area contributed by atoms with Gasteiger partial charge in [-0.15, -0.1) is 0 Å². The fourth-order valence-electron chi connectivity index (χ4n) is 5.45. The second-order valence-electron chi connectivity index (χ2n) is 11.0. The van der Waals surface area contributed by atoms with Crippen LogP contribution < -0.4 is 10.6 Å². The molecule has 5 rings (SSSR count). The van der Waals surface area contributed by atoms with Gasteiger partial charge in [0, 0.05) is 19.3 Å². The van der Waals surface area contributed by atoms with E-state index in [1.807, 2.05) is 0 Å². The minimum absolute atomic E-state index is 0.0232. The summed E-state index contributed by atoms with van der Waals surface area (Å²) in [5.41, 5.74) is 1.64. The third kappa shape index (κ3) is 6.81. The molecule has 2 aliphatic rings. The summed E-state index contributed by atoms with van der Waals surface area (Å²) >= 11 is 0. The molecule has 15 heteroatoms. The topological polar surface area (TPSA) is 127 Å². The number of nitrogens with zero attached hydrogens (tertiary/aromatic N) is 5. The predicted octanol–water partition coefficient (Wildman–Crippen LogP) is 5.02. The summed E-state index contributed by atoms with van der Waals surface area (Å²) in [6, 6.07) is 0.438. The van der Waals surface area contributed by atoms with Crippen LogP contribution in [0.5, 0.6) is 0 Å². The first-order valence-corrected chi connectivity index (χ1v) is 13.6. The lowest BCUT2D eigenvalue weighted by Crippen LogP contribution is -2.37. The van der Waals surface area contributed by atoms with E-state index in [-0.39, 0.29) is 48.9 Å². The highest BCUT2D eigenvalue weighted by molar-refractivity contribution is 5.93. The number of aryl methyl sites for hydroxylation is 1. The predicted molar refractivity (Wildman–Crippen MR) is 133 cm³/mol. The van der Waals surface area contributed by atoms with E-state index in [1.54, 1.807) is 19.2 Å². The first-order valence-electron chi connectivity index (χ1n) is 13.6. The van der Waals surface area contributed by atoms with Crippen molar-refractivity contribution in [2.75, 3.05) is 0 Å². The number of fused-ring (bicyclic) bond motifs is 1. The maximum absolute atomic E-state index is 13.9. The highest BCUT2D eigenvalue weighted by Crippen LogP contribution is 2.42. The molecule has 0 radical (unpaired) electrons. The summed E-state index contributed by atoms with van der Waals surface area (Å²) < 4.78 is 71.9. The summed E-state index contributed by atoms with van der Waals surface area (Å²) in [4.78, 5) is 30.0. The lowest BCUT2D eigenvalue weighted by Gasteiger charge is -2.34. The van der Waals surface area contributed by atoms with Crippen molar-refractivity contribution >= 4 is 17.5 Å². The molecule has 0 saturated heterocycles. The van der Waals surface area contributed by atoms with Gasteiger partial charge in [-0.05, 0) is 61.2 Å². The number of imidazole rings is 1. The van der Waals surface area contributed by atoms with Crippen LogP contribution in [0.15, 0.2) is 23.1 Å². The molecule has 222 valence electrons. The number of halogens is 5. The molecule has 2 amide bonds. The van der Waals surface area contributed by atoms with Gasteiger partial charge in [0.2, 0.25) is 11.8 Å². The molecule has 2 aliphatic carbocycles. The molecular formula is C26H30F5N7O3. The van der Waals surface area contributed by atoms with Gasteiger partial charge >= 0.3 is 6.18 Å². The summed E-state index contributed by atoms with van der Waals surface area (Å²) in [6.07, 6.45) is -0.914. The van der Waals surface area contributed by atoms with E-state index in [2.05, 4.69) is 35.7 Å². The molecule has 0 spiro atoms. The van der Waals surface area contributed by atoms with Crippen molar-refractivity contribution in [2.24, 2.45) is 11.8 Å². The maximum Gasteiger partial charge on any atom is 0.389 e. The van der Waals surface area contributed by atoms with Crippen molar-refractivity contribution in [1.82, 2.24) is 35.5 Å². The molecule has 0 aliphatic heterocycles. The van der Waals surface area contributed by atoms with Crippen LogP contribution in [0.3, 0.4) is 0 Å². The molecule has 0 aromatic carbocycles. The largest absolute Gasteiger partial charge is 0.389 e.